The van der Waals surface area contributed by atoms with Gasteiger partial charge in [0.25, 0.3) is 5.91 Å². The van der Waals surface area contributed by atoms with Gasteiger partial charge in [-0.05, 0) is 55.4 Å². The molecule has 1 fully saturated rings. The van der Waals surface area contributed by atoms with Crippen molar-refractivity contribution in [1.82, 2.24) is 4.90 Å². The van der Waals surface area contributed by atoms with Crippen LogP contribution in [-0.2, 0) is 20.8 Å². The number of esters is 1. The second-order valence-electron chi connectivity index (χ2n) is 8.11. The summed E-state index contributed by atoms with van der Waals surface area (Å²) in [5.41, 5.74) is 2.90. The summed E-state index contributed by atoms with van der Waals surface area (Å²) in [5, 5.41) is 3.79. The van der Waals surface area contributed by atoms with E-state index in [1.165, 1.54) is 5.56 Å². The lowest BCUT2D eigenvalue weighted by atomic mass is 9.90. The fourth-order valence-electron chi connectivity index (χ4n) is 4.30. The number of piperidine rings is 1. The second-order valence-corrected chi connectivity index (χ2v) is 8.11. The van der Waals surface area contributed by atoms with Crippen molar-refractivity contribution in [3.05, 3.63) is 71.3 Å². The van der Waals surface area contributed by atoms with Crippen LogP contribution < -0.4 is 0 Å². The Hall–Kier alpha value is -3.15. The number of nitrogens with zero attached hydrogens (tertiary/aromatic N) is 2. The fraction of sp³-hybridized carbons (Fsp3) is 0.400. The Morgan fingerprint density at radius 3 is 2.45 bits per heavy atom. The molecule has 6 heteroatoms. The highest BCUT2D eigenvalue weighted by Gasteiger charge is 2.36. The molecule has 162 valence electrons. The lowest BCUT2D eigenvalue weighted by Gasteiger charge is -2.32. The predicted molar refractivity (Wildman–Crippen MR) is 118 cm³/mol. The van der Waals surface area contributed by atoms with Gasteiger partial charge in [0.15, 0.2) is 0 Å². The van der Waals surface area contributed by atoms with E-state index in [1.807, 2.05) is 35.2 Å². The van der Waals surface area contributed by atoms with Crippen molar-refractivity contribution in [2.75, 3.05) is 19.7 Å². The number of hydrogen-bond acceptors (Lipinski definition) is 5. The average Bonchev–Trinajstić information content (AvgIpc) is 3.30. The van der Waals surface area contributed by atoms with Gasteiger partial charge in [-0.2, -0.15) is 0 Å². The van der Waals surface area contributed by atoms with Crippen molar-refractivity contribution in [3.8, 4) is 0 Å². The number of rotatable bonds is 6. The Labute approximate surface area is 182 Å². The molecule has 1 saturated heterocycles. The smallest absolute Gasteiger partial charge is 0.351 e. The Morgan fingerprint density at radius 1 is 1.06 bits per heavy atom. The molecule has 2 unspecified atom stereocenters. The molecule has 0 aliphatic carbocycles. The average molecular weight is 421 g/mol. The van der Waals surface area contributed by atoms with Gasteiger partial charge in [-0.1, -0.05) is 47.6 Å². The van der Waals surface area contributed by atoms with E-state index in [0.29, 0.717) is 18.1 Å². The summed E-state index contributed by atoms with van der Waals surface area (Å²) in [4.78, 5) is 32.1. The van der Waals surface area contributed by atoms with Crippen LogP contribution in [0.25, 0.3) is 0 Å². The van der Waals surface area contributed by atoms with E-state index in [0.717, 1.165) is 37.9 Å². The van der Waals surface area contributed by atoms with Gasteiger partial charge in [0.2, 0.25) is 6.10 Å². The summed E-state index contributed by atoms with van der Waals surface area (Å²) >= 11 is 0. The molecule has 0 N–H and O–H groups in total. The van der Waals surface area contributed by atoms with Crippen molar-refractivity contribution in [3.63, 3.8) is 0 Å². The molecule has 2 aromatic rings. The lowest BCUT2D eigenvalue weighted by molar-refractivity contribution is -0.155. The Balaban J connectivity index is 1.33. The van der Waals surface area contributed by atoms with Crippen LogP contribution in [0.15, 0.2) is 59.8 Å². The summed E-state index contributed by atoms with van der Waals surface area (Å²) in [7, 11) is 0. The van der Waals surface area contributed by atoms with Crippen molar-refractivity contribution in [2.45, 2.75) is 38.2 Å². The van der Waals surface area contributed by atoms with E-state index in [9.17, 15) is 9.59 Å². The summed E-state index contributed by atoms with van der Waals surface area (Å²) < 4.78 is 5.06. The van der Waals surface area contributed by atoms with Crippen molar-refractivity contribution < 1.29 is 19.2 Å². The number of oxime groups is 1. The zero-order valence-corrected chi connectivity index (χ0v) is 17.8. The van der Waals surface area contributed by atoms with E-state index in [-0.39, 0.29) is 11.8 Å². The molecule has 0 saturated carbocycles. The molecule has 2 atom stereocenters. The van der Waals surface area contributed by atoms with Gasteiger partial charge >= 0.3 is 5.97 Å². The van der Waals surface area contributed by atoms with Crippen LogP contribution in [0.3, 0.4) is 0 Å². The number of benzene rings is 2. The third-order valence-electron chi connectivity index (χ3n) is 6.05. The maximum absolute atomic E-state index is 13.0. The van der Waals surface area contributed by atoms with Gasteiger partial charge < -0.3 is 14.5 Å². The molecular weight excluding hydrogens is 392 g/mol. The van der Waals surface area contributed by atoms with Crippen LogP contribution in [-0.4, -0.2) is 48.8 Å². The number of likely N-dealkylation sites (tertiary alicyclic amines) is 1. The van der Waals surface area contributed by atoms with Crippen LogP contribution in [0.4, 0.5) is 0 Å². The molecule has 2 aromatic carbocycles. The van der Waals surface area contributed by atoms with Gasteiger partial charge in [-0.25, -0.2) is 4.79 Å². The highest BCUT2D eigenvalue weighted by molar-refractivity contribution is 5.94. The molecule has 0 spiro atoms. The minimum atomic E-state index is -0.773. The molecular formula is C25H28N2O4. The van der Waals surface area contributed by atoms with Gasteiger partial charge in [-0.3, -0.25) is 4.79 Å². The first kappa shape index (κ1) is 21.1. The van der Waals surface area contributed by atoms with E-state index < -0.39 is 12.1 Å². The predicted octanol–water partition coefficient (Wildman–Crippen LogP) is 3.81. The van der Waals surface area contributed by atoms with Gasteiger partial charge in [0.1, 0.15) is 0 Å². The number of carbonyl (C=O) groups is 2. The molecule has 1 amide bonds. The van der Waals surface area contributed by atoms with Crippen LogP contribution in [0.5, 0.6) is 0 Å². The van der Waals surface area contributed by atoms with Gasteiger partial charge in [0, 0.05) is 18.7 Å². The molecule has 0 aromatic heterocycles. The number of hydrogen-bond donors (Lipinski definition) is 0. The Bertz CT molecular complexity index is 918. The van der Waals surface area contributed by atoms with Crippen molar-refractivity contribution >= 4 is 18.1 Å². The molecule has 2 heterocycles. The maximum atomic E-state index is 13.0. The molecule has 31 heavy (non-hydrogen) atoms. The third kappa shape index (κ3) is 4.95. The monoisotopic (exact) mass is 420 g/mol. The standard InChI is InChI=1S/C25H28N2O4/c1-2-30-25(29)23-22(17-26-31-23)20-8-10-21(11-9-20)24(28)27-14-12-19(13-15-27)16-18-6-4-3-5-7-18/h3-11,17,19,22-23H,2,12-16H2,1H3. The van der Waals surface area contributed by atoms with Gasteiger partial charge in [0.05, 0.1) is 18.7 Å². The molecule has 6 nitrogen and oxygen atoms in total. The molecule has 0 bridgehead atoms. The lowest BCUT2D eigenvalue weighted by Crippen LogP contribution is -2.38. The molecule has 2 aliphatic heterocycles. The number of carbonyl (C=O) groups excluding carboxylic acids is 2. The summed E-state index contributed by atoms with van der Waals surface area (Å²) in [6, 6.07) is 17.9. The SMILES string of the molecule is CCOC(=O)C1ON=CC1c1ccc(C(=O)N2CCC(Cc3ccccc3)CC2)cc1. The summed E-state index contributed by atoms with van der Waals surface area (Å²) in [6.45, 7) is 3.62. The Morgan fingerprint density at radius 2 is 1.77 bits per heavy atom. The minimum Gasteiger partial charge on any atom is -0.463 e. The number of ether oxygens (including phenoxy) is 1. The highest BCUT2D eigenvalue weighted by Crippen LogP contribution is 2.27. The highest BCUT2D eigenvalue weighted by atomic mass is 16.7. The van der Waals surface area contributed by atoms with E-state index in [1.54, 1.807) is 13.1 Å². The first-order chi connectivity index (χ1) is 15.2. The third-order valence-corrected chi connectivity index (χ3v) is 6.05. The van der Waals surface area contributed by atoms with Crippen LogP contribution in [0.2, 0.25) is 0 Å². The first-order valence-electron chi connectivity index (χ1n) is 10.9. The van der Waals surface area contributed by atoms with E-state index in [4.69, 9.17) is 9.57 Å². The van der Waals surface area contributed by atoms with Gasteiger partial charge in [-0.15, -0.1) is 0 Å². The summed E-state index contributed by atoms with van der Waals surface area (Å²) in [5.74, 6) is -0.0567. The maximum Gasteiger partial charge on any atom is 0.351 e. The van der Waals surface area contributed by atoms with Crippen LogP contribution >= 0.6 is 0 Å². The zero-order chi connectivity index (χ0) is 21.6. The Kier molecular flexibility index (Phi) is 6.65. The second kappa shape index (κ2) is 9.77. The minimum absolute atomic E-state index is 0.0583. The van der Waals surface area contributed by atoms with E-state index in [2.05, 4.69) is 29.4 Å². The topological polar surface area (TPSA) is 68.2 Å². The number of amides is 1. The molecule has 4 rings (SSSR count). The van der Waals surface area contributed by atoms with Crippen LogP contribution in [0, 0.1) is 5.92 Å². The molecule has 2 aliphatic rings. The molecule has 0 radical (unpaired) electrons. The fourth-order valence-corrected chi connectivity index (χ4v) is 4.30. The largest absolute Gasteiger partial charge is 0.463 e. The van der Waals surface area contributed by atoms with Crippen molar-refractivity contribution in [2.24, 2.45) is 11.1 Å². The van der Waals surface area contributed by atoms with Crippen LogP contribution in [0.1, 0.15) is 47.2 Å². The summed E-state index contributed by atoms with van der Waals surface area (Å²) in [6.07, 6.45) is 3.95. The van der Waals surface area contributed by atoms with E-state index >= 15 is 0 Å². The zero-order valence-electron chi connectivity index (χ0n) is 17.8. The normalized spacial score (nSPS) is 21.0. The van der Waals surface area contributed by atoms with Crippen molar-refractivity contribution in [1.29, 1.82) is 0 Å². The quantitative estimate of drug-likeness (QED) is 0.667. The first-order valence-corrected chi connectivity index (χ1v) is 10.9.